The molecule has 3 unspecified atom stereocenters. The average Bonchev–Trinajstić information content (AvgIpc) is 3.00. The summed E-state index contributed by atoms with van der Waals surface area (Å²) in [4.78, 5) is 62.1. The molecule has 32 heavy (non-hydrogen) atoms. The standard InChI is InChI=1S/C22H25N3O7/c26-11-31-18-15(32-12-9-22(10-12)5-7-23-8-6-22)3-1-13-17(18)21(30)25(20(13)29)14-2-4-16(27)24-19(14)28/h1,3,11-14,17,23H,2,4-10H2,(H,24,27,28). The van der Waals surface area contributed by atoms with Gasteiger partial charge in [-0.25, -0.2) is 0 Å². The molecule has 3 saturated heterocycles. The number of fused-ring (bicyclic) bond motifs is 1. The predicted molar refractivity (Wildman–Crippen MR) is 107 cm³/mol. The maximum atomic E-state index is 13.2. The number of imide groups is 2. The van der Waals surface area contributed by atoms with Crippen LogP contribution in [0, 0.1) is 17.3 Å². The van der Waals surface area contributed by atoms with Crippen LogP contribution >= 0.6 is 0 Å². The molecule has 2 aliphatic carbocycles. The third-order valence-corrected chi connectivity index (χ3v) is 7.34. The highest BCUT2D eigenvalue weighted by molar-refractivity contribution is 6.12. The molecule has 10 nitrogen and oxygen atoms in total. The van der Waals surface area contributed by atoms with Gasteiger partial charge in [-0.3, -0.25) is 34.2 Å². The van der Waals surface area contributed by atoms with Crippen molar-refractivity contribution >= 4 is 30.1 Å². The molecular weight excluding hydrogens is 418 g/mol. The predicted octanol–water partition coefficient (Wildman–Crippen LogP) is -0.104. The van der Waals surface area contributed by atoms with Crippen molar-refractivity contribution < 1.29 is 33.4 Å². The third kappa shape index (κ3) is 3.33. The first-order valence-electron chi connectivity index (χ1n) is 11.0. The van der Waals surface area contributed by atoms with Crippen LogP contribution in [0.4, 0.5) is 0 Å². The van der Waals surface area contributed by atoms with Crippen molar-refractivity contribution in [3.8, 4) is 0 Å². The Hall–Kier alpha value is -3.01. The van der Waals surface area contributed by atoms with Crippen molar-refractivity contribution in [2.45, 2.75) is 50.7 Å². The lowest BCUT2D eigenvalue weighted by Gasteiger charge is -2.50. The fourth-order valence-corrected chi connectivity index (χ4v) is 5.66. The van der Waals surface area contributed by atoms with Crippen molar-refractivity contribution in [2.24, 2.45) is 17.3 Å². The summed E-state index contributed by atoms with van der Waals surface area (Å²) in [7, 11) is 0. The maximum Gasteiger partial charge on any atom is 0.298 e. The largest absolute Gasteiger partial charge is 0.487 e. The fourth-order valence-electron chi connectivity index (χ4n) is 5.66. The molecule has 10 heteroatoms. The highest BCUT2D eigenvalue weighted by Crippen LogP contribution is 2.50. The summed E-state index contributed by atoms with van der Waals surface area (Å²) in [6.07, 6.45) is 7.19. The molecule has 0 bridgehead atoms. The van der Waals surface area contributed by atoms with Crippen molar-refractivity contribution in [3.05, 3.63) is 23.7 Å². The number of ether oxygens (including phenoxy) is 2. The minimum Gasteiger partial charge on any atom is -0.487 e. The lowest BCUT2D eigenvalue weighted by molar-refractivity contribution is -0.151. The Bertz CT molecular complexity index is 941. The van der Waals surface area contributed by atoms with Gasteiger partial charge in [-0.05, 0) is 56.7 Å². The monoisotopic (exact) mass is 443 g/mol. The van der Waals surface area contributed by atoms with E-state index in [0.717, 1.165) is 43.7 Å². The topological polar surface area (TPSA) is 131 Å². The van der Waals surface area contributed by atoms with E-state index in [0.29, 0.717) is 0 Å². The number of rotatable bonds is 5. The molecule has 0 radical (unpaired) electrons. The molecule has 5 aliphatic rings. The van der Waals surface area contributed by atoms with Crippen molar-refractivity contribution in [1.82, 2.24) is 15.5 Å². The molecule has 0 aromatic rings. The zero-order chi connectivity index (χ0) is 22.5. The smallest absolute Gasteiger partial charge is 0.298 e. The van der Waals surface area contributed by atoms with Crippen LogP contribution in [0.15, 0.2) is 23.7 Å². The second-order valence-electron chi connectivity index (χ2n) is 9.22. The summed E-state index contributed by atoms with van der Waals surface area (Å²) in [5, 5.41) is 5.53. The van der Waals surface area contributed by atoms with Gasteiger partial charge < -0.3 is 14.8 Å². The van der Waals surface area contributed by atoms with E-state index in [4.69, 9.17) is 9.47 Å². The summed E-state index contributed by atoms with van der Waals surface area (Å²) in [5.74, 6) is -3.95. The number of nitrogens with one attached hydrogen (secondary N) is 2. The van der Waals surface area contributed by atoms with Gasteiger partial charge in [0.25, 0.3) is 6.47 Å². The van der Waals surface area contributed by atoms with E-state index in [2.05, 4.69) is 10.6 Å². The van der Waals surface area contributed by atoms with Crippen LogP contribution in [0.5, 0.6) is 0 Å². The van der Waals surface area contributed by atoms with Crippen LogP contribution in [-0.2, 0) is 33.4 Å². The van der Waals surface area contributed by atoms with Crippen LogP contribution in [-0.4, -0.2) is 60.2 Å². The molecule has 0 aromatic heterocycles. The molecule has 1 spiro atoms. The van der Waals surface area contributed by atoms with Gasteiger partial charge in [0, 0.05) is 6.42 Å². The Morgan fingerprint density at radius 3 is 2.53 bits per heavy atom. The van der Waals surface area contributed by atoms with Gasteiger partial charge in [-0.15, -0.1) is 0 Å². The van der Waals surface area contributed by atoms with Crippen LogP contribution in [0.3, 0.4) is 0 Å². The molecule has 0 aromatic carbocycles. The van der Waals surface area contributed by atoms with Gasteiger partial charge in [0.15, 0.2) is 11.5 Å². The molecule has 3 atom stereocenters. The summed E-state index contributed by atoms with van der Waals surface area (Å²) >= 11 is 0. The first-order chi connectivity index (χ1) is 15.4. The highest BCUT2D eigenvalue weighted by atomic mass is 16.5. The molecule has 170 valence electrons. The first-order valence-corrected chi connectivity index (χ1v) is 11.0. The molecule has 4 fully saturated rings. The molecule has 4 amide bonds. The second kappa shape index (κ2) is 7.84. The fraction of sp³-hybridized carbons (Fsp3) is 0.591. The van der Waals surface area contributed by atoms with E-state index in [-0.39, 0.29) is 42.4 Å². The van der Waals surface area contributed by atoms with Gasteiger partial charge in [-0.1, -0.05) is 6.08 Å². The molecule has 2 N–H and O–H groups in total. The number of piperidine rings is 2. The zero-order valence-electron chi connectivity index (χ0n) is 17.5. The van der Waals surface area contributed by atoms with Crippen LogP contribution in [0.2, 0.25) is 0 Å². The molecule has 3 aliphatic heterocycles. The maximum absolute atomic E-state index is 13.2. The van der Waals surface area contributed by atoms with E-state index in [9.17, 15) is 24.0 Å². The van der Waals surface area contributed by atoms with E-state index in [1.807, 2.05) is 0 Å². The number of amides is 4. The second-order valence-corrected chi connectivity index (χ2v) is 9.22. The summed E-state index contributed by atoms with van der Waals surface area (Å²) in [5.41, 5.74) is 0.283. The van der Waals surface area contributed by atoms with Crippen molar-refractivity contribution in [2.75, 3.05) is 13.1 Å². The van der Waals surface area contributed by atoms with Gasteiger partial charge in [0.2, 0.25) is 23.6 Å². The van der Waals surface area contributed by atoms with Gasteiger partial charge in [0.1, 0.15) is 12.0 Å². The summed E-state index contributed by atoms with van der Waals surface area (Å²) < 4.78 is 11.3. The quantitative estimate of drug-likeness (QED) is 0.445. The number of allylic oxidation sites excluding steroid dienone is 1. The van der Waals surface area contributed by atoms with Crippen molar-refractivity contribution in [1.29, 1.82) is 0 Å². The minimum atomic E-state index is -1.06. The average molecular weight is 443 g/mol. The van der Waals surface area contributed by atoms with Crippen LogP contribution < -0.4 is 10.6 Å². The van der Waals surface area contributed by atoms with E-state index in [1.54, 1.807) is 12.2 Å². The number of carbonyl (C=O) groups is 5. The molecule has 3 heterocycles. The lowest BCUT2D eigenvalue weighted by Crippen LogP contribution is -2.54. The van der Waals surface area contributed by atoms with Gasteiger partial charge in [-0.2, -0.15) is 0 Å². The lowest BCUT2D eigenvalue weighted by atomic mass is 9.61. The highest BCUT2D eigenvalue weighted by Gasteiger charge is 2.56. The first kappa shape index (κ1) is 20.9. The van der Waals surface area contributed by atoms with Crippen molar-refractivity contribution in [3.63, 3.8) is 0 Å². The Balaban J connectivity index is 1.36. The SMILES string of the molecule is O=COC1=C(OC2CC3(CCNCC3)C2)C=CC2C(=O)N(C3CCC(=O)NC3=O)C(=O)C12. The van der Waals surface area contributed by atoms with Crippen LogP contribution in [0.1, 0.15) is 38.5 Å². The van der Waals surface area contributed by atoms with Gasteiger partial charge >= 0.3 is 0 Å². The molecular formula is C22H25N3O7. The number of hydrogen-bond acceptors (Lipinski definition) is 8. The number of carbonyl (C=O) groups excluding carboxylic acids is 5. The third-order valence-electron chi connectivity index (χ3n) is 7.34. The number of hydrogen-bond donors (Lipinski definition) is 2. The Labute approximate surface area is 184 Å². The van der Waals surface area contributed by atoms with E-state index < -0.39 is 41.5 Å². The summed E-state index contributed by atoms with van der Waals surface area (Å²) in [6.45, 7) is 2.20. The Kier molecular flexibility index (Phi) is 5.11. The summed E-state index contributed by atoms with van der Waals surface area (Å²) in [6, 6.07) is -1.06. The minimum absolute atomic E-state index is 0.00639. The van der Waals surface area contributed by atoms with E-state index in [1.165, 1.54) is 0 Å². The zero-order valence-corrected chi connectivity index (χ0v) is 17.5. The normalized spacial score (nSPS) is 32.0. The van der Waals surface area contributed by atoms with Gasteiger partial charge in [0.05, 0.1) is 12.0 Å². The Morgan fingerprint density at radius 2 is 1.84 bits per heavy atom. The molecule has 1 saturated carbocycles. The van der Waals surface area contributed by atoms with E-state index >= 15 is 0 Å². The number of nitrogens with zero attached hydrogens (tertiary/aromatic N) is 1. The van der Waals surface area contributed by atoms with Crippen LogP contribution in [0.25, 0.3) is 0 Å². The molecule has 5 rings (SSSR count). The number of likely N-dealkylation sites (tertiary alicyclic amines) is 1. The Morgan fingerprint density at radius 1 is 1.09 bits per heavy atom.